The number of likely N-dealkylation sites (N-methyl/N-ethyl adjacent to an activating group) is 1. The minimum atomic E-state index is -0.619. The van der Waals surface area contributed by atoms with Crippen molar-refractivity contribution >= 4 is 5.97 Å². The van der Waals surface area contributed by atoms with Gasteiger partial charge in [0.1, 0.15) is 0 Å². The molecule has 0 spiro atoms. The summed E-state index contributed by atoms with van der Waals surface area (Å²) in [6.45, 7) is 1.71. The third kappa shape index (κ3) is 8.60. The van der Waals surface area contributed by atoms with E-state index in [0.717, 1.165) is 0 Å². The Morgan fingerprint density at radius 3 is 2.62 bits per heavy atom. The number of carbonyl (C=O) groups excluding carboxylic acids is 1. The van der Waals surface area contributed by atoms with Crippen molar-refractivity contribution in [2.24, 2.45) is 0 Å². The number of rotatable bonds is 9. The standard InChI is InChI=1S/C10H21NO5/c1-11(7-10(13)15-3)6-9(12)8-16-5-4-14-2/h9,12H,4-8H2,1-3H3. The van der Waals surface area contributed by atoms with Gasteiger partial charge in [0.05, 0.1) is 39.6 Å². The number of aliphatic hydroxyl groups is 1. The molecule has 0 rings (SSSR count). The summed E-state index contributed by atoms with van der Waals surface area (Å²) in [5.41, 5.74) is 0. The Labute approximate surface area is 96.1 Å². The van der Waals surface area contributed by atoms with E-state index in [4.69, 9.17) is 9.47 Å². The van der Waals surface area contributed by atoms with Crippen LogP contribution in [0.3, 0.4) is 0 Å². The van der Waals surface area contributed by atoms with Crippen LogP contribution >= 0.6 is 0 Å². The summed E-state index contributed by atoms with van der Waals surface area (Å²) >= 11 is 0. The van der Waals surface area contributed by atoms with Gasteiger partial charge in [-0.25, -0.2) is 0 Å². The summed E-state index contributed by atoms with van der Waals surface area (Å²) in [6, 6.07) is 0. The van der Waals surface area contributed by atoms with Gasteiger partial charge in [-0.05, 0) is 7.05 Å². The maximum Gasteiger partial charge on any atom is 0.319 e. The maximum atomic E-state index is 10.9. The molecule has 16 heavy (non-hydrogen) atoms. The van der Waals surface area contributed by atoms with Gasteiger partial charge in [-0.1, -0.05) is 0 Å². The van der Waals surface area contributed by atoms with Gasteiger partial charge in [0.15, 0.2) is 0 Å². The Bertz CT molecular complexity index is 188. The number of esters is 1. The average Bonchev–Trinajstić information content (AvgIpc) is 2.24. The van der Waals surface area contributed by atoms with E-state index >= 15 is 0 Å². The lowest BCUT2D eigenvalue weighted by atomic mass is 10.3. The highest BCUT2D eigenvalue weighted by Crippen LogP contribution is 1.92. The molecule has 0 aliphatic heterocycles. The molecule has 0 aromatic carbocycles. The number of hydrogen-bond acceptors (Lipinski definition) is 6. The number of carbonyl (C=O) groups is 1. The van der Waals surface area contributed by atoms with Gasteiger partial charge in [-0.2, -0.15) is 0 Å². The zero-order valence-electron chi connectivity index (χ0n) is 10.1. The van der Waals surface area contributed by atoms with Crippen molar-refractivity contribution in [3.05, 3.63) is 0 Å². The highest BCUT2D eigenvalue weighted by atomic mass is 16.5. The first-order chi connectivity index (χ1) is 7.60. The molecule has 0 aliphatic rings. The van der Waals surface area contributed by atoms with E-state index < -0.39 is 6.10 Å². The fourth-order valence-corrected chi connectivity index (χ4v) is 1.12. The SMILES string of the molecule is COCCOCC(O)CN(C)CC(=O)OC. The molecule has 96 valence electrons. The molecule has 6 nitrogen and oxygen atoms in total. The molecule has 0 aromatic rings. The molecule has 0 saturated carbocycles. The first-order valence-electron chi connectivity index (χ1n) is 5.10. The lowest BCUT2D eigenvalue weighted by Crippen LogP contribution is -2.36. The number of aliphatic hydroxyl groups excluding tert-OH is 1. The van der Waals surface area contributed by atoms with Crippen molar-refractivity contribution in [3.8, 4) is 0 Å². The van der Waals surface area contributed by atoms with E-state index in [1.54, 1.807) is 19.1 Å². The molecular weight excluding hydrogens is 214 g/mol. The molecule has 0 aliphatic carbocycles. The number of nitrogens with zero attached hydrogens (tertiary/aromatic N) is 1. The van der Waals surface area contributed by atoms with Crippen molar-refractivity contribution in [2.45, 2.75) is 6.10 Å². The van der Waals surface area contributed by atoms with Crippen LogP contribution in [-0.4, -0.2) is 76.3 Å². The molecule has 0 radical (unpaired) electrons. The quantitative estimate of drug-likeness (QED) is 0.413. The smallest absolute Gasteiger partial charge is 0.319 e. The van der Waals surface area contributed by atoms with Crippen LogP contribution in [0.15, 0.2) is 0 Å². The van der Waals surface area contributed by atoms with Gasteiger partial charge < -0.3 is 19.3 Å². The molecule has 0 bridgehead atoms. The van der Waals surface area contributed by atoms with Gasteiger partial charge in [-0.15, -0.1) is 0 Å². The summed E-state index contributed by atoms with van der Waals surface area (Å²) in [7, 11) is 4.65. The van der Waals surface area contributed by atoms with Gasteiger partial charge in [0.2, 0.25) is 0 Å². The normalized spacial score (nSPS) is 12.8. The van der Waals surface area contributed by atoms with E-state index in [-0.39, 0.29) is 19.1 Å². The second-order valence-electron chi connectivity index (χ2n) is 3.49. The summed E-state index contributed by atoms with van der Waals surface area (Å²) in [4.78, 5) is 12.6. The highest BCUT2D eigenvalue weighted by Gasteiger charge is 2.11. The number of hydrogen-bond donors (Lipinski definition) is 1. The van der Waals surface area contributed by atoms with Crippen molar-refractivity contribution in [1.29, 1.82) is 0 Å². The van der Waals surface area contributed by atoms with E-state index in [1.807, 2.05) is 0 Å². The van der Waals surface area contributed by atoms with E-state index in [2.05, 4.69) is 4.74 Å². The fraction of sp³-hybridized carbons (Fsp3) is 0.900. The topological polar surface area (TPSA) is 68.2 Å². The minimum absolute atomic E-state index is 0.158. The molecule has 1 unspecified atom stereocenters. The minimum Gasteiger partial charge on any atom is -0.468 e. The Morgan fingerprint density at radius 1 is 1.38 bits per heavy atom. The van der Waals surface area contributed by atoms with Gasteiger partial charge >= 0.3 is 5.97 Å². The predicted molar refractivity (Wildman–Crippen MR) is 58.2 cm³/mol. The maximum absolute atomic E-state index is 10.9. The van der Waals surface area contributed by atoms with Crippen molar-refractivity contribution in [1.82, 2.24) is 4.90 Å². The van der Waals surface area contributed by atoms with Gasteiger partial charge in [0.25, 0.3) is 0 Å². The van der Waals surface area contributed by atoms with E-state index in [0.29, 0.717) is 19.8 Å². The van der Waals surface area contributed by atoms with Crippen LogP contribution in [0.25, 0.3) is 0 Å². The monoisotopic (exact) mass is 235 g/mol. The van der Waals surface area contributed by atoms with Gasteiger partial charge in [0, 0.05) is 13.7 Å². The van der Waals surface area contributed by atoms with E-state index in [9.17, 15) is 9.90 Å². The third-order valence-corrected chi connectivity index (χ3v) is 1.89. The van der Waals surface area contributed by atoms with Crippen LogP contribution in [0, 0.1) is 0 Å². The first-order valence-corrected chi connectivity index (χ1v) is 5.10. The van der Waals surface area contributed by atoms with Crippen LogP contribution in [0.1, 0.15) is 0 Å². The Kier molecular flexibility index (Phi) is 9.12. The predicted octanol–water partition coefficient (Wildman–Crippen LogP) is -0.885. The van der Waals surface area contributed by atoms with Crippen LogP contribution in [-0.2, 0) is 19.0 Å². The van der Waals surface area contributed by atoms with Crippen LogP contribution < -0.4 is 0 Å². The third-order valence-electron chi connectivity index (χ3n) is 1.89. The van der Waals surface area contributed by atoms with Gasteiger partial charge in [-0.3, -0.25) is 9.69 Å². The average molecular weight is 235 g/mol. The summed E-state index contributed by atoms with van der Waals surface area (Å²) < 4.78 is 14.4. The Hall–Kier alpha value is -0.690. The lowest BCUT2D eigenvalue weighted by molar-refractivity contribution is -0.141. The van der Waals surface area contributed by atoms with Crippen LogP contribution in [0.4, 0.5) is 0 Å². The molecule has 0 fully saturated rings. The van der Waals surface area contributed by atoms with E-state index in [1.165, 1.54) is 7.11 Å². The molecule has 1 N–H and O–H groups in total. The summed E-state index contributed by atoms with van der Waals surface area (Å²) in [5.74, 6) is -0.324. The molecule has 0 aromatic heterocycles. The van der Waals surface area contributed by atoms with Crippen molar-refractivity contribution < 1.29 is 24.1 Å². The second-order valence-corrected chi connectivity index (χ2v) is 3.49. The van der Waals surface area contributed by atoms with Crippen molar-refractivity contribution in [2.75, 3.05) is 54.2 Å². The lowest BCUT2D eigenvalue weighted by Gasteiger charge is -2.19. The zero-order chi connectivity index (χ0) is 12.4. The summed E-state index contributed by atoms with van der Waals surface area (Å²) in [5, 5.41) is 9.54. The molecule has 0 heterocycles. The Morgan fingerprint density at radius 2 is 2.06 bits per heavy atom. The molecular formula is C10H21NO5. The first kappa shape index (κ1) is 15.3. The molecule has 6 heteroatoms. The second kappa shape index (κ2) is 9.53. The largest absolute Gasteiger partial charge is 0.468 e. The number of methoxy groups -OCH3 is 2. The molecule has 0 amide bonds. The summed E-state index contributed by atoms with van der Waals surface area (Å²) in [6.07, 6.45) is -0.619. The zero-order valence-corrected chi connectivity index (χ0v) is 10.1. The fourth-order valence-electron chi connectivity index (χ4n) is 1.12. The number of ether oxygens (including phenoxy) is 3. The van der Waals surface area contributed by atoms with Crippen LogP contribution in [0.2, 0.25) is 0 Å². The molecule has 1 atom stereocenters. The molecule has 0 saturated heterocycles. The van der Waals surface area contributed by atoms with Crippen LogP contribution in [0.5, 0.6) is 0 Å². The Balaban J connectivity index is 3.53. The highest BCUT2D eigenvalue weighted by molar-refractivity contribution is 5.71. The van der Waals surface area contributed by atoms with Crippen molar-refractivity contribution in [3.63, 3.8) is 0 Å².